The van der Waals surface area contributed by atoms with E-state index >= 15 is 0 Å². The number of aromatic nitrogens is 1. The van der Waals surface area contributed by atoms with Crippen LogP contribution in [0, 0.1) is 11.6 Å². The minimum atomic E-state index is -3.20. The maximum Gasteiger partial charge on any atom is 0.167 e. The lowest BCUT2D eigenvalue weighted by atomic mass is 9.99. The molecule has 1 aliphatic heterocycles. The number of nitrogens with zero attached hydrogens (tertiary/aromatic N) is 1. The Morgan fingerprint density at radius 1 is 1.38 bits per heavy atom. The van der Waals surface area contributed by atoms with Gasteiger partial charge in [0, 0.05) is 13.2 Å². The van der Waals surface area contributed by atoms with E-state index in [9.17, 15) is 17.2 Å². The SMILES string of the molecule is CCOC1(CNc2c(F)cncc2F)CCCS(=O)(=O)C1. The summed E-state index contributed by atoms with van der Waals surface area (Å²) in [6.45, 7) is 2.12. The maximum atomic E-state index is 13.5. The molecule has 1 unspecified atom stereocenters. The fourth-order valence-electron chi connectivity index (χ4n) is 2.60. The second-order valence-electron chi connectivity index (χ2n) is 5.14. The first-order chi connectivity index (χ1) is 9.87. The van der Waals surface area contributed by atoms with Crippen LogP contribution in [-0.4, -0.2) is 43.7 Å². The molecule has 0 amide bonds. The van der Waals surface area contributed by atoms with Crippen molar-refractivity contribution in [3.63, 3.8) is 0 Å². The van der Waals surface area contributed by atoms with E-state index in [0.717, 1.165) is 12.4 Å². The van der Waals surface area contributed by atoms with Crippen molar-refractivity contribution in [3.8, 4) is 0 Å². The first-order valence-corrected chi connectivity index (χ1v) is 8.57. The summed E-state index contributed by atoms with van der Waals surface area (Å²) in [5, 5.41) is 2.63. The van der Waals surface area contributed by atoms with Crippen LogP contribution < -0.4 is 5.32 Å². The molecule has 1 fully saturated rings. The number of sulfone groups is 1. The van der Waals surface area contributed by atoms with Gasteiger partial charge in [-0.3, -0.25) is 4.98 Å². The lowest BCUT2D eigenvalue weighted by Crippen LogP contribution is -2.49. The zero-order valence-electron chi connectivity index (χ0n) is 11.7. The second kappa shape index (κ2) is 6.23. The predicted octanol–water partition coefficient (Wildman–Crippen LogP) is 1.76. The first-order valence-electron chi connectivity index (χ1n) is 6.75. The van der Waals surface area contributed by atoms with E-state index in [4.69, 9.17) is 4.74 Å². The van der Waals surface area contributed by atoms with Crippen LogP contribution in [0.1, 0.15) is 19.8 Å². The topological polar surface area (TPSA) is 68.3 Å². The van der Waals surface area contributed by atoms with Gasteiger partial charge in [0.2, 0.25) is 0 Å². The molecule has 0 bridgehead atoms. The molecule has 0 saturated carbocycles. The summed E-state index contributed by atoms with van der Waals surface area (Å²) in [6, 6.07) is 0. The number of hydrogen-bond acceptors (Lipinski definition) is 5. The van der Waals surface area contributed by atoms with Gasteiger partial charge in [-0.2, -0.15) is 0 Å². The van der Waals surface area contributed by atoms with Gasteiger partial charge in [0.1, 0.15) is 5.69 Å². The highest BCUT2D eigenvalue weighted by Gasteiger charge is 2.40. The van der Waals surface area contributed by atoms with E-state index in [0.29, 0.717) is 19.4 Å². The molecular weight excluding hydrogens is 302 g/mol. The van der Waals surface area contributed by atoms with Gasteiger partial charge < -0.3 is 10.1 Å². The summed E-state index contributed by atoms with van der Waals surface area (Å²) < 4.78 is 56.3. The van der Waals surface area contributed by atoms with Gasteiger partial charge in [0.25, 0.3) is 0 Å². The van der Waals surface area contributed by atoms with E-state index in [1.807, 2.05) is 0 Å². The van der Waals surface area contributed by atoms with Crippen molar-refractivity contribution in [2.24, 2.45) is 0 Å². The number of halogens is 2. The zero-order chi connectivity index (χ0) is 15.5. The van der Waals surface area contributed by atoms with Crippen LogP contribution in [-0.2, 0) is 14.6 Å². The quantitative estimate of drug-likeness (QED) is 0.895. The number of hydrogen-bond donors (Lipinski definition) is 1. The number of nitrogens with one attached hydrogen (secondary N) is 1. The van der Waals surface area contributed by atoms with Crippen LogP contribution in [0.5, 0.6) is 0 Å². The van der Waals surface area contributed by atoms with Crippen LogP contribution >= 0.6 is 0 Å². The lowest BCUT2D eigenvalue weighted by Gasteiger charge is -2.37. The Kier molecular flexibility index (Phi) is 4.77. The van der Waals surface area contributed by atoms with Gasteiger partial charge in [-0.1, -0.05) is 0 Å². The molecule has 8 heteroatoms. The van der Waals surface area contributed by atoms with E-state index in [2.05, 4.69) is 10.3 Å². The molecule has 0 spiro atoms. The number of rotatable bonds is 5. The first kappa shape index (κ1) is 16.1. The standard InChI is InChI=1S/C13H18F2N2O3S/c1-2-20-13(4-3-5-21(18,19)9-13)8-17-12-10(14)6-16-7-11(12)15/h6-7H,2-5,8-9H2,1H3,(H,16,17). The Morgan fingerprint density at radius 3 is 2.62 bits per heavy atom. The Hall–Kier alpha value is -1.28. The van der Waals surface area contributed by atoms with Crippen LogP contribution in [0.4, 0.5) is 14.5 Å². The van der Waals surface area contributed by atoms with Crippen molar-refractivity contribution in [1.29, 1.82) is 0 Å². The van der Waals surface area contributed by atoms with Crippen molar-refractivity contribution < 1.29 is 21.9 Å². The van der Waals surface area contributed by atoms with Crippen molar-refractivity contribution >= 4 is 15.5 Å². The van der Waals surface area contributed by atoms with Crippen molar-refractivity contribution in [1.82, 2.24) is 4.98 Å². The molecule has 1 aliphatic rings. The molecule has 0 aliphatic carbocycles. The lowest BCUT2D eigenvalue weighted by molar-refractivity contribution is -0.0207. The molecule has 1 N–H and O–H groups in total. The number of pyridine rings is 1. The molecule has 0 radical (unpaired) electrons. The second-order valence-corrected chi connectivity index (χ2v) is 7.33. The summed E-state index contributed by atoms with van der Waals surface area (Å²) in [7, 11) is -3.20. The molecule has 0 aromatic carbocycles. The smallest absolute Gasteiger partial charge is 0.167 e. The van der Waals surface area contributed by atoms with Crippen LogP contribution in [0.25, 0.3) is 0 Å². The van der Waals surface area contributed by atoms with Crippen LogP contribution in [0.3, 0.4) is 0 Å². The van der Waals surface area contributed by atoms with Gasteiger partial charge in [0.05, 0.1) is 29.5 Å². The largest absolute Gasteiger partial charge is 0.377 e. The normalized spacial score (nSPS) is 24.7. The highest BCUT2D eigenvalue weighted by molar-refractivity contribution is 7.91. The fourth-order valence-corrected chi connectivity index (χ4v) is 4.46. The molecule has 1 aromatic heterocycles. The molecular formula is C13H18F2N2O3S. The molecule has 1 atom stereocenters. The molecule has 21 heavy (non-hydrogen) atoms. The van der Waals surface area contributed by atoms with Gasteiger partial charge in [-0.25, -0.2) is 17.2 Å². The van der Waals surface area contributed by atoms with Gasteiger partial charge in [-0.05, 0) is 19.8 Å². The van der Waals surface area contributed by atoms with Gasteiger partial charge in [0.15, 0.2) is 21.5 Å². The average Bonchev–Trinajstić information content (AvgIpc) is 2.37. The van der Waals surface area contributed by atoms with E-state index in [1.54, 1.807) is 6.92 Å². The van der Waals surface area contributed by atoms with Gasteiger partial charge in [-0.15, -0.1) is 0 Å². The van der Waals surface area contributed by atoms with Crippen LogP contribution in [0.2, 0.25) is 0 Å². The highest BCUT2D eigenvalue weighted by Crippen LogP contribution is 2.28. The molecule has 1 aromatic rings. The number of anilines is 1. The minimum absolute atomic E-state index is 0.0257. The van der Waals surface area contributed by atoms with Crippen molar-refractivity contribution in [3.05, 3.63) is 24.0 Å². The monoisotopic (exact) mass is 320 g/mol. The summed E-state index contributed by atoms with van der Waals surface area (Å²) in [5.41, 5.74) is -1.26. The molecule has 1 saturated heterocycles. The Labute approximate surface area is 122 Å². The third kappa shape index (κ3) is 3.88. The predicted molar refractivity (Wildman–Crippen MR) is 74.9 cm³/mol. The summed E-state index contributed by atoms with van der Waals surface area (Å²) in [4.78, 5) is 3.40. The van der Waals surface area contributed by atoms with E-state index in [-0.39, 0.29) is 23.7 Å². The molecule has 118 valence electrons. The van der Waals surface area contributed by atoms with E-state index in [1.165, 1.54) is 0 Å². The molecule has 5 nitrogen and oxygen atoms in total. The van der Waals surface area contributed by atoms with Crippen molar-refractivity contribution in [2.75, 3.05) is 30.0 Å². The third-order valence-electron chi connectivity index (χ3n) is 3.46. The minimum Gasteiger partial charge on any atom is -0.377 e. The molecule has 2 rings (SSSR count). The fraction of sp³-hybridized carbons (Fsp3) is 0.615. The Bertz CT molecular complexity index is 585. The summed E-state index contributed by atoms with van der Waals surface area (Å²) in [6.07, 6.45) is 2.81. The van der Waals surface area contributed by atoms with Crippen LogP contribution in [0.15, 0.2) is 12.4 Å². The average molecular weight is 320 g/mol. The number of ether oxygens (including phenoxy) is 1. The summed E-state index contributed by atoms with van der Waals surface area (Å²) in [5.74, 6) is -1.66. The highest BCUT2D eigenvalue weighted by atomic mass is 32.2. The summed E-state index contributed by atoms with van der Waals surface area (Å²) >= 11 is 0. The van der Waals surface area contributed by atoms with E-state index < -0.39 is 27.1 Å². The zero-order valence-corrected chi connectivity index (χ0v) is 12.5. The maximum absolute atomic E-state index is 13.5. The Morgan fingerprint density at radius 2 is 2.05 bits per heavy atom. The van der Waals surface area contributed by atoms with Gasteiger partial charge >= 0.3 is 0 Å². The Balaban J connectivity index is 2.17. The molecule has 2 heterocycles. The third-order valence-corrected chi connectivity index (χ3v) is 5.34. The van der Waals surface area contributed by atoms with Crippen molar-refractivity contribution in [2.45, 2.75) is 25.4 Å².